The molecule has 0 aliphatic carbocycles. The third-order valence-corrected chi connectivity index (χ3v) is 5.44. The van der Waals surface area contributed by atoms with Crippen molar-refractivity contribution < 1.29 is 19.4 Å². The maximum Gasteiger partial charge on any atom is 0.313 e. The average molecular weight is 395 g/mol. The van der Waals surface area contributed by atoms with Gasteiger partial charge in [-0.15, -0.1) is 0 Å². The molecule has 4 nitrogen and oxygen atoms in total. The Morgan fingerprint density at radius 3 is 2.52 bits per heavy atom. The Kier molecular flexibility index (Phi) is 7.38. The van der Waals surface area contributed by atoms with E-state index >= 15 is 0 Å². The number of ketones is 1. The van der Waals surface area contributed by atoms with Crippen molar-refractivity contribution in [2.45, 2.75) is 47.5 Å². The second-order valence-electron chi connectivity index (χ2n) is 7.40. The second kappa shape index (κ2) is 9.55. The van der Waals surface area contributed by atoms with Crippen molar-refractivity contribution in [3.8, 4) is 5.75 Å². The number of allylic oxidation sites excluding steroid dienone is 4. The molecule has 1 aliphatic rings. The molecule has 1 aliphatic heterocycles. The zero-order valence-electron chi connectivity index (χ0n) is 18.0. The van der Waals surface area contributed by atoms with Crippen LogP contribution >= 0.6 is 0 Å². The summed E-state index contributed by atoms with van der Waals surface area (Å²) in [4.78, 5) is 24.3. The normalized spacial score (nSPS) is 18.0. The van der Waals surface area contributed by atoms with Gasteiger partial charge in [0.15, 0.2) is 5.78 Å². The predicted octanol–water partition coefficient (Wildman–Crippen LogP) is 5.47. The van der Waals surface area contributed by atoms with Crippen LogP contribution < -0.4 is 0 Å². The lowest BCUT2D eigenvalue weighted by Crippen LogP contribution is -2.29. The Balaban J connectivity index is 2.50. The molecule has 0 aromatic heterocycles. The second-order valence-corrected chi connectivity index (χ2v) is 7.40. The van der Waals surface area contributed by atoms with Gasteiger partial charge in [0.25, 0.3) is 0 Å². The summed E-state index contributed by atoms with van der Waals surface area (Å²) in [7, 11) is 0. The zero-order valence-corrected chi connectivity index (χ0v) is 18.0. The van der Waals surface area contributed by atoms with Gasteiger partial charge in [-0.3, -0.25) is 9.59 Å². The minimum absolute atomic E-state index is 0.0177. The van der Waals surface area contributed by atoms with E-state index in [4.69, 9.17) is 4.74 Å². The Morgan fingerprint density at radius 2 is 1.97 bits per heavy atom. The first kappa shape index (κ1) is 22.4. The largest absolute Gasteiger partial charge is 0.507 e. The highest BCUT2D eigenvalue weighted by molar-refractivity contribution is 5.98. The Labute approximate surface area is 173 Å². The van der Waals surface area contributed by atoms with E-state index in [-0.39, 0.29) is 24.1 Å². The first-order valence-electron chi connectivity index (χ1n) is 9.98. The molecule has 0 bridgehead atoms. The van der Waals surface area contributed by atoms with E-state index in [9.17, 15) is 14.7 Å². The van der Waals surface area contributed by atoms with Crippen LogP contribution in [0.2, 0.25) is 0 Å². The number of cyclic esters (lactones) is 1. The van der Waals surface area contributed by atoms with Crippen molar-refractivity contribution in [2.24, 2.45) is 5.92 Å². The molecule has 1 aromatic rings. The van der Waals surface area contributed by atoms with Crippen LogP contribution in [-0.4, -0.2) is 23.5 Å². The highest BCUT2D eigenvalue weighted by Crippen LogP contribution is 2.32. The molecule has 0 saturated carbocycles. The molecule has 4 heteroatoms. The summed E-state index contributed by atoms with van der Waals surface area (Å²) in [5, 5.41) is 10.2. The van der Waals surface area contributed by atoms with Gasteiger partial charge in [0.05, 0.1) is 5.92 Å². The third-order valence-electron chi connectivity index (χ3n) is 5.44. The van der Waals surface area contributed by atoms with Crippen LogP contribution in [0.5, 0.6) is 5.75 Å². The number of Topliss-reactive ketones (excluding diaryl/α,β-unsaturated/α-hetero) is 1. The number of rotatable bonds is 7. The Bertz CT molecular complexity index is 908. The number of carbonyl (C=O) groups excluding carboxylic acids is 2. The van der Waals surface area contributed by atoms with Crippen LogP contribution in [0.3, 0.4) is 0 Å². The summed E-state index contributed by atoms with van der Waals surface area (Å²) in [5.74, 6) is -0.595. The molecule has 29 heavy (non-hydrogen) atoms. The van der Waals surface area contributed by atoms with Crippen molar-refractivity contribution in [1.82, 2.24) is 0 Å². The molecule has 0 fully saturated rings. The first-order valence-corrected chi connectivity index (χ1v) is 9.98. The first-order chi connectivity index (χ1) is 13.7. The summed E-state index contributed by atoms with van der Waals surface area (Å²) in [6, 6.07) is 5.44. The minimum Gasteiger partial charge on any atom is -0.507 e. The van der Waals surface area contributed by atoms with Crippen LogP contribution in [-0.2, 0) is 14.3 Å². The summed E-state index contributed by atoms with van der Waals surface area (Å²) in [6.07, 6.45) is 5.15. The van der Waals surface area contributed by atoms with E-state index in [1.165, 1.54) is 6.92 Å². The number of benzene rings is 1. The van der Waals surface area contributed by atoms with Crippen LogP contribution in [0.4, 0.5) is 0 Å². The quantitative estimate of drug-likeness (QED) is 0.492. The van der Waals surface area contributed by atoms with Crippen molar-refractivity contribution in [3.05, 3.63) is 69.8 Å². The van der Waals surface area contributed by atoms with Gasteiger partial charge in [-0.1, -0.05) is 38.6 Å². The molecular formula is C25H30O4. The number of aryl methyl sites for hydroxylation is 1. The lowest BCUT2D eigenvalue weighted by Gasteiger charge is -2.25. The zero-order chi connectivity index (χ0) is 21.7. The number of ether oxygens (including phenoxy) is 1. The standard InChI is InChI=1S/C25H30O4/c1-7-19(13-21-15(3)10-9-11-24(21)27)17(5)16(4)12-22-20(8-2)25(28)29-14-23(22)18(6)26/h9-13,20,27H,5,7-8,14H2,1-4,6H3/b16-12+,19-13-/t20-/m1/s1. The number of carbonyl (C=O) groups is 2. The van der Waals surface area contributed by atoms with Gasteiger partial charge in [-0.2, -0.15) is 0 Å². The Morgan fingerprint density at radius 1 is 1.28 bits per heavy atom. The molecular weight excluding hydrogens is 364 g/mol. The predicted molar refractivity (Wildman–Crippen MR) is 116 cm³/mol. The van der Waals surface area contributed by atoms with Crippen LogP contribution in [0.1, 0.15) is 51.7 Å². The number of phenolic OH excluding ortho intramolecular Hbond substituents is 1. The van der Waals surface area contributed by atoms with Gasteiger partial charge >= 0.3 is 5.97 Å². The minimum atomic E-state index is -0.445. The third kappa shape index (κ3) is 4.94. The van der Waals surface area contributed by atoms with Gasteiger partial charge in [0, 0.05) is 11.1 Å². The van der Waals surface area contributed by atoms with Crippen LogP contribution in [0.25, 0.3) is 6.08 Å². The molecule has 0 unspecified atom stereocenters. The van der Waals surface area contributed by atoms with Crippen molar-refractivity contribution in [2.75, 3.05) is 6.61 Å². The summed E-state index contributed by atoms with van der Waals surface area (Å²) in [6.45, 7) is 13.6. The maximum atomic E-state index is 12.2. The number of hydrogen-bond acceptors (Lipinski definition) is 4. The van der Waals surface area contributed by atoms with Gasteiger partial charge < -0.3 is 9.84 Å². The number of phenols is 1. The molecule has 1 heterocycles. The summed E-state index contributed by atoms with van der Waals surface area (Å²) >= 11 is 0. The molecule has 0 amide bonds. The van der Waals surface area contributed by atoms with E-state index in [1.54, 1.807) is 6.07 Å². The monoisotopic (exact) mass is 394 g/mol. The maximum absolute atomic E-state index is 12.2. The lowest BCUT2D eigenvalue weighted by molar-refractivity contribution is -0.147. The van der Waals surface area contributed by atoms with Crippen molar-refractivity contribution in [1.29, 1.82) is 0 Å². The van der Waals surface area contributed by atoms with Gasteiger partial charge in [-0.05, 0) is 73.6 Å². The van der Waals surface area contributed by atoms with E-state index in [0.717, 1.165) is 39.8 Å². The van der Waals surface area contributed by atoms with Gasteiger partial charge in [-0.25, -0.2) is 0 Å². The molecule has 154 valence electrons. The number of esters is 1. The number of hydrogen-bond donors (Lipinski definition) is 1. The van der Waals surface area contributed by atoms with E-state index in [0.29, 0.717) is 12.0 Å². The average Bonchev–Trinajstić information content (AvgIpc) is 2.67. The highest BCUT2D eigenvalue weighted by Gasteiger charge is 2.31. The fourth-order valence-corrected chi connectivity index (χ4v) is 3.55. The van der Waals surface area contributed by atoms with Crippen LogP contribution in [0, 0.1) is 12.8 Å². The summed E-state index contributed by atoms with van der Waals surface area (Å²) < 4.78 is 5.19. The fourth-order valence-electron chi connectivity index (χ4n) is 3.55. The molecule has 1 atom stereocenters. The fraction of sp³-hybridized carbons (Fsp3) is 0.360. The molecule has 0 spiro atoms. The SMILES string of the molecule is C=C(/C(=C\c1c(C)cccc1O)CC)/C(C)=C/C1=C(C(C)=O)COC(=O)[C@@H]1CC. The molecule has 1 N–H and O–H groups in total. The van der Waals surface area contributed by atoms with E-state index < -0.39 is 5.92 Å². The number of aromatic hydroxyl groups is 1. The van der Waals surface area contributed by atoms with Crippen LogP contribution in [0.15, 0.2) is 58.7 Å². The van der Waals surface area contributed by atoms with Crippen molar-refractivity contribution >= 4 is 17.8 Å². The van der Waals surface area contributed by atoms with E-state index in [2.05, 4.69) is 6.58 Å². The highest BCUT2D eigenvalue weighted by atomic mass is 16.5. The van der Waals surface area contributed by atoms with E-state index in [1.807, 2.05) is 52.0 Å². The van der Waals surface area contributed by atoms with Gasteiger partial charge in [0.2, 0.25) is 0 Å². The van der Waals surface area contributed by atoms with Gasteiger partial charge in [0.1, 0.15) is 12.4 Å². The summed E-state index contributed by atoms with van der Waals surface area (Å²) in [5.41, 5.74) is 5.71. The topological polar surface area (TPSA) is 63.6 Å². The van der Waals surface area contributed by atoms with Crippen molar-refractivity contribution in [3.63, 3.8) is 0 Å². The molecule has 0 saturated heterocycles. The smallest absolute Gasteiger partial charge is 0.313 e. The molecule has 1 aromatic carbocycles. The lowest BCUT2D eigenvalue weighted by atomic mass is 9.85. The molecule has 2 rings (SSSR count). The molecule has 0 radical (unpaired) electrons. The Hall–Kier alpha value is -2.88.